The summed E-state index contributed by atoms with van der Waals surface area (Å²) in [5.41, 5.74) is 1.27. The molecule has 1 aliphatic rings. The standard InChI is InChI=1S/C12H12N2O.ClH/c1-2-9(6-12-13-4-5-14-12)11-8-15-7-10(11)3-1;/h1-3,7-8H,4-6H2,(H,13,14);1H. The number of hydrogen-bond donors (Lipinski definition) is 1. The zero-order chi connectivity index (χ0) is 10.1. The van der Waals surface area contributed by atoms with E-state index in [9.17, 15) is 0 Å². The largest absolute Gasteiger partial charge is 0.471 e. The third-order valence-electron chi connectivity index (χ3n) is 2.71. The summed E-state index contributed by atoms with van der Waals surface area (Å²) in [4.78, 5) is 4.40. The number of halogens is 1. The predicted molar refractivity (Wildman–Crippen MR) is 67.5 cm³/mol. The molecule has 3 nitrogen and oxygen atoms in total. The first kappa shape index (κ1) is 11.0. The Morgan fingerprint density at radius 1 is 1.31 bits per heavy atom. The number of nitrogens with zero attached hydrogens (tertiary/aromatic N) is 1. The highest BCUT2D eigenvalue weighted by atomic mass is 35.5. The van der Waals surface area contributed by atoms with Crippen LogP contribution in [-0.2, 0) is 6.42 Å². The summed E-state index contributed by atoms with van der Waals surface area (Å²) in [7, 11) is 0. The van der Waals surface area contributed by atoms with Gasteiger partial charge in [0.2, 0.25) is 0 Å². The van der Waals surface area contributed by atoms with Gasteiger partial charge in [0.15, 0.2) is 0 Å². The van der Waals surface area contributed by atoms with Crippen LogP contribution in [-0.4, -0.2) is 18.9 Å². The zero-order valence-electron chi connectivity index (χ0n) is 8.77. The van der Waals surface area contributed by atoms with Crippen LogP contribution in [0, 0.1) is 0 Å². The molecular weight excluding hydrogens is 224 g/mol. The lowest BCUT2D eigenvalue weighted by Crippen LogP contribution is -2.20. The molecule has 0 spiro atoms. The van der Waals surface area contributed by atoms with Crippen molar-refractivity contribution in [2.45, 2.75) is 6.42 Å². The Labute approximate surface area is 100.0 Å². The fourth-order valence-corrected chi connectivity index (χ4v) is 1.95. The van der Waals surface area contributed by atoms with Crippen molar-refractivity contribution in [1.29, 1.82) is 0 Å². The van der Waals surface area contributed by atoms with Crippen LogP contribution < -0.4 is 5.32 Å². The normalized spacial score (nSPS) is 14.4. The van der Waals surface area contributed by atoms with Crippen molar-refractivity contribution in [2.24, 2.45) is 4.99 Å². The monoisotopic (exact) mass is 236 g/mol. The fraction of sp³-hybridized carbons (Fsp3) is 0.250. The Morgan fingerprint density at radius 2 is 2.25 bits per heavy atom. The molecule has 0 atom stereocenters. The second-order valence-corrected chi connectivity index (χ2v) is 3.72. The Kier molecular flexibility index (Phi) is 3.15. The van der Waals surface area contributed by atoms with E-state index in [1.165, 1.54) is 10.9 Å². The van der Waals surface area contributed by atoms with Gasteiger partial charge < -0.3 is 9.73 Å². The molecule has 0 fully saturated rings. The van der Waals surface area contributed by atoms with E-state index in [0.29, 0.717) is 0 Å². The summed E-state index contributed by atoms with van der Waals surface area (Å²) in [6.07, 6.45) is 4.46. The average Bonchev–Trinajstić information content (AvgIpc) is 2.87. The molecule has 0 radical (unpaired) electrons. The number of rotatable bonds is 2. The van der Waals surface area contributed by atoms with Crippen molar-refractivity contribution in [2.75, 3.05) is 13.1 Å². The number of furan rings is 1. The number of hydrogen-bond acceptors (Lipinski definition) is 3. The van der Waals surface area contributed by atoms with E-state index in [0.717, 1.165) is 30.7 Å². The number of amidine groups is 1. The molecule has 1 aliphatic heterocycles. The molecule has 0 aliphatic carbocycles. The third-order valence-corrected chi connectivity index (χ3v) is 2.71. The molecule has 1 aromatic heterocycles. The minimum Gasteiger partial charge on any atom is -0.471 e. The summed E-state index contributed by atoms with van der Waals surface area (Å²) in [6, 6.07) is 6.25. The second kappa shape index (κ2) is 4.58. The van der Waals surface area contributed by atoms with E-state index in [2.05, 4.69) is 28.5 Å². The van der Waals surface area contributed by atoms with E-state index >= 15 is 0 Å². The van der Waals surface area contributed by atoms with Crippen LogP contribution in [0.15, 0.2) is 40.1 Å². The van der Waals surface area contributed by atoms with Crippen molar-refractivity contribution < 1.29 is 4.42 Å². The Hall–Kier alpha value is -1.48. The first-order valence-corrected chi connectivity index (χ1v) is 5.14. The molecule has 1 aromatic carbocycles. The lowest BCUT2D eigenvalue weighted by Gasteiger charge is -2.03. The topological polar surface area (TPSA) is 37.5 Å². The van der Waals surface area contributed by atoms with Gasteiger partial charge in [-0.15, -0.1) is 12.4 Å². The van der Waals surface area contributed by atoms with Crippen LogP contribution in [0.5, 0.6) is 0 Å². The molecule has 84 valence electrons. The van der Waals surface area contributed by atoms with Gasteiger partial charge in [0.05, 0.1) is 19.1 Å². The first-order chi connectivity index (χ1) is 7.43. The summed E-state index contributed by atoms with van der Waals surface area (Å²) >= 11 is 0. The van der Waals surface area contributed by atoms with Gasteiger partial charge in [0.25, 0.3) is 0 Å². The Bertz CT molecular complexity index is 518. The van der Waals surface area contributed by atoms with Gasteiger partial charge in [-0.1, -0.05) is 18.2 Å². The van der Waals surface area contributed by atoms with Gasteiger partial charge in [-0.3, -0.25) is 4.99 Å². The lowest BCUT2D eigenvalue weighted by molar-refractivity contribution is 0.572. The molecule has 0 bridgehead atoms. The lowest BCUT2D eigenvalue weighted by atomic mass is 10.1. The molecular formula is C12H13ClN2O. The van der Waals surface area contributed by atoms with E-state index < -0.39 is 0 Å². The highest BCUT2D eigenvalue weighted by Crippen LogP contribution is 2.20. The maximum Gasteiger partial charge on any atom is 0.101 e. The first-order valence-electron chi connectivity index (χ1n) is 5.14. The molecule has 16 heavy (non-hydrogen) atoms. The molecule has 2 aromatic rings. The summed E-state index contributed by atoms with van der Waals surface area (Å²) < 4.78 is 5.21. The molecule has 4 heteroatoms. The average molecular weight is 237 g/mol. The number of benzene rings is 1. The van der Waals surface area contributed by atoms with Gasteiger partial charge in [-0.05, 0) is 5.56 Å². The molecule has 1 N–H and O–H groups in total. The smallest absolute Gasteiger partial charge is 0.101 e. The van der Waals surface area contributed by atoms with Crippen molar-refractivity contribution in [3.05, 3.63) is 36.3 Å². The van der Waals surface area contributed by atoms with Crippen LogP contribution in [0.1, 0.15) is 5.56 Å². The molecule has 0 unspecified atom stereocenters. The van der Waals surface area contributed by atoms with Crippen molar-refractivity contribution >= 4 is 29.0 Å². The van der Waals surface area contributed by atoms with Crippen molar-refractivity contribution in [3.8, 4) is 0 Å². The number of aliphatic imine (C=N–C) groups is 1. The van der Waals surface area contributed by atoms with E-state index in [1.807, 2.05) is 0 Å². The van der Waals surface area contributed by atoms with Gasteiger partial charge in [0.1, 0.15) is 5.84 Å². The van der Waals surface area contributed by atoms with Crippen molar-refractivity contribution in [1.82, 2.24) is 5.32 Å². The molecule has 2 heterocycles. The van der Waals surface area contributed by atoms with E-state index in [1.54, 1.807) is 12.5 Å². The minimum atomic E-state index is 0. The van der Waals surface area contributed by atoms with Crippen LogP contribution in [0.2, 0.25) is 0 Å². The molecule has 0 amide bonds. The van der Waals surface area contributed by atoms with Gasteiger partial charge in [-0.2, -0.15) is 0 Å². The number of fused-ring (bicyclic) bond motifs is 1. The van der Waals surface area contributed by atoms with Crippen LogP contribution in [0.4, 0.5) is 0 Å². The van der Waals surface area contributed by atoms with Crippen LogP contribution in [0.3, 0.4) is 0 Å². The second-order valence-electron chi connectivity index (χ2n) is 3.72. The maximum absolute atomic E-state index is 5.21. The summed E-state index contributed by atoms with van der Waals surface area (Å²) in [5.74, 6) is 1.09. The SMILES string of the molecule is Cl.c1cc(CC2=NCCN2)c2cocc2c1. The molecule has 0 saturated carbocycles. The zero-order valence-corrected chi connectivity index (χ0v) is 9.59. The Morgan fingerprint density at radius 3 is 3.06 bits per heavy atom. The predicted octanol–water partition coefficient (Wildman–Crippen LogP) is 2.40. The van der Waals surface area contributed by atoms with Gasteiger partial charge >= 0.3 is 0 Å². The summed E-state index contributed by atoms with van der Waals surface area (Å²) in [6.45, 7) is 1.87. The molecule has 0 saturated heterocycles. The van der Waals surface area contributed by atoms with E-state index in [-0.39, 0.29) is 12.4 Å². The maximum atomic E-state index is 5.21. The third kappa shape index (κ3) is 1.91. The van der Waals surface area contributed by atoms with Crippen molar-refractivity contribution in [3.63, 3.8) is 0 Å². The highest BCUT2D eigenvalue weighted by molar-refractivity contribution is 5.92. The van der Waals surface area contributed by atoms with Gasteiger partial charge in [0, 0.05) is 23.7 Å². The van der Waals surface area contributed by atoms with Gasteiger partial charge in [-0.25, -0.2) is 0 Å². The minimum absolute atomic E-state index is 0. The highest BCUT2D eigenvalue weighted by Gasteiger charge is 2.09. The van der Waals surface area contributed by atoms with E-state index in [4.69, 9.17) is 4.42 Å². The summed E-state index contributed by atoms with van der Waals surface area (Å²) in [5, 5.41) is 5.63. The quantitative estimate of drug-likeness (QED) is 0.870. The van der Waals surface area contributed by atoms with Crippen LogP contribution >= 0.6 is 12.4 Å². The number of nitrogens with one attached hydrogen (secondary N) is 1. The fourth-order valence-electron chi connectivity index (χ4n) is 1.95. The Balaban J connectivity index is 0.000000963. The van der Waals surface area contributed by atoms with Crippen LogP contribution in [0.25, 0.3) is 10.8 Å². The molecule has 3 rings (SSSR count).